The van der Waals surface area contributed by atoms with Crippen LogP contribution in [0.2, 0.25) is 0 Å². The molecule has 112 valence electrons. The minimum atomic E-state index is -4.55. The number of alkyl halides is 3. The smallest absolute Gasteiger partial charge is 0.419 e. The van der Waals surface area contributed by atoms with Crippen molar-refractivity contribution in [3.8, 4) is 11.5 Å². The lowest BCUT2D eigenvalue weighted by atomic mass is 10.1. The second-order valence-electron chi connectivity index (χ2n) is 4.40. The van der Waals surface area contributed by atoms with E-state index in [0.29, 0.717) is 11.1 Å². The fraction of sp³-hybridized carbons (Fsp3) is 0.200. The minimum Gasteiger partial charge on any atom is -0.456 e. The van der Waals surface area contributed by atoms with Crippen molar-refractivity contribution in [3.05, 3.63) is 59.2 Å². The summed E-state index contributed by atoms with van der Waals surface area (Å²) in [5.41, 5.74) is 5.26. The molecule has 0 spiro atoms. The fourth-order valence-corrected chi connectivity index (χ4v) is 1.87. The summed E-state index contributed by atoms with van der Waals surface area (Å²) < 4.78 is 44.6. The predicted molar refractivity (Wildman–Crippen MR) is 71.8 cm³/mol. The SMILES string of the molecule is NCc1ccc(Oc2ccccc2CO)c(C(F)(F)F)c1. The first-order chi connectivity index (χ1) is 9.95. The van der Waals surface area contributed by atoms with E-state index in [9.17, 15) is 18.3 Å². The maximum atomic E-state index is 13.1. The van der Waals surface area contributed by atoms with E-state index in [1.165, 1.54) is 18.2 Å². The maximum absolute atomic E-state index is 13.1. The molecule has 3 N–H and O–H groups in total. The number of ether oxygens (including phenoxy) is 1. The lowest BCUT2D eigenvalue weighted by Gasteiger charge is -2.16. The van der Waals surface area contributed by atoms with E-state index in [2.05, 4.69) is 0 Å². The molecule has 21 heavy (non-hydrogen) atoms. The van der Waals surface area contributed by atoms with E-state index in [1.54, 1.807) is 18.2 Å². The molecule has 0 aliphatic heterocycles. The molecule has 0 saturated carbocycles. The van der Waals surface area contributed by atoms with Crippen LogP contribution in [0.25, 0.3) is 0 Å². The minimum absolute atomic E-state index is 0.0105. The molecule has 0 aliphatic rings. The zero-order valence-electron chi connectivity index (χ0n) is 11.0. The third-order valence-electron chi connectivity index (χ3n) is 2.95. The third kappa shape index (κ3) is 3.53. The van der Waals surface area contributed by atoms with E-state index in [-0.39, 0.29) is 24.7 Å². The number of halogens is 3. The molecule has 2 rings (SSSR count). The van der Waals surface area contributed by atoms with E-state index in [0.717, 1.165) is 6.07 Å². The number of benzene rings is 2. The molecule has 0 heterocycles. The van der Waals surface area contributed by atoms with Gasteiger partial charge in [0.25, 0.3) is 0 Å². The first-order valence-electron chi connectivity index (χ1n) is 6.22. The van der Waals surface area contributed by atoms with Crippen LogP contribution in [-0.4, -0.2) is 5.11 Å². The molecular weight excluding hydrogens is 283 g/mol. The van der Waals surface area contributed by atoms with Gasteiger partial charge in [0.05, 0.1) is 12.2 Å². The Hall–Kier alpha value is -2.05. The Balaban J connectivity index is 2.44. The predicted octanol–water partition coefficient (Wildman–Crippen LogP) is 3.45. The van der Waals surface area contributed by atoms with Gasteiger partial charge in [-0.05, 0) is 23.8 Å². The normalized spacial score (nSPS) is 11.5. The summed E-state index contributed by atoms with van der Waals surface area (Å²) in [6.07, 6.45) is -4.55. The molecule has 6 heteroatoms. The molecule has 0 bridgehead atoms. The summed E-state index contributed by atoms with van der Waals surface area (Å²) >= 11 is 0. The molecule has 0 aromatic heterocycles. The van der Waals surface area contributed by atoms with Gasteiger partial charge in [-0.25, -0.2) is 0 Å². The topological polar surface area (TPSA) is 55.5 Å². The van der Waals surface area contributed by atoms with Crippen LogP contribution in [0.5, 0.6) is 11.5 Å². The molecule has 0 unspecified atom stereocenters. The zero-order valence-corrected chi connectivity index (χ0v) is 11.0. The highest BCUT2D eigenvalue weighted by atomic mass is 19.4. The van der Waals surface area contributed by atoms with Crippen LogP contribution >= 0.6 is 0 Å². The maximum Gasteiger partial charge on any atom is 0.419 e. The van der Waals surface area contributed by atoms with Crippen molar-refractivity contribution in [2.75, 3.05) is 0 Å². The van der Waals surface area contributed by atoms with Crippen molar-refractivity contribution in [3.63, 3.8) is 0 Å². The number of hydrogen-bond acceptors (Lipinski definition) is 3. The second kappa shape index (κ2) is 6.15. The lowest BCUT2D eigenvalue weighted by molar-refractivity contribution is -0.138. The molecule has 0 amide bonds. The molecule has 2 aromatic rings. The van der Waals surface area contributed by atoms with Crippen molar-refractivity contribution < 1.29 is 23.0 Å². The molecule has 3 nitrogen and oxygen atoms in total. The lowest BCUT2D eigenvalue weighted by Crippen LogP contribution is -2.09. The van der Waals surface area contributed by atoms with Gasteiger partial charge in [0.15, 0.2) is 0 Å². The largest absolute Gasteiger partial charge is 0.456 e. The quantitative estimate of drug-likeness (QED) is 0.908. The van der Waals surface area contributed by atoms with Gasteiger partial charge in [0.1, 0.15) is 11.5 Å². The summed E-state index contributed by atoms with van der Waals surface area (Å²) in [5.74, 6) is -0.133. The molecule has 0 radical (unpaired) electrons. The van der Waals surface area contributed by atoms with Crippen molar-refractivity contribution in [2.45, 2.75) is 19.3 Å². The van der Waals surface area contributed by atoms with Gasteiger partial charge >= 0.3 is 6.18 Å². The van der Waals surface area contributed by atoms with Crippen molar-refractivity contribution in [2.24, 2.45) is 5.73 Å². The Bertz CT molecular complexity index is 627. The first kappa shape index (κ1) is 15.3. The summed E-state index contributed by atoms with van der Waals surface area (Å²) in [6, 6.07) is 10.1. The average Bonchev–Trinajstić information content (AvgIpc) is 2.47. The van der Waals surface area contributed by atoms with E-state index in [1.807, 2.05) is 0 Å². The van der Waals surface area contributed by atoms with E-state index >= 15 is 0 Å². The van der Waals surface area contributed by atoms with Gasteiger partial charge in [-0.3, -0.25) is 0 Å². The zero-order chi connectivity index (χ0) is 15.5. The van der Waals surface area contributed by atoms with Gasteiger partial charge in [0, 0.05) is 12.1 Å². The second-order valence-corrected chi connectivity index (χ2v) is 4.40. The van der Waals surface area contributed by atoms with Crippen molar-refractivity contribution >= 4 is 0 Å². The van der Waals surface area contributed by atoms with Gasteiger partial charge in [-0.1, -0.05) is 24.3 Å². The number of aliphatic hydroxyl groups is 1. The van der Waals surface area contributed by atoms with Crippen LogP contribution in [0.1, 0.15) is 16.7 Å². The van der Waals surface area contributed by atoms with Gasteiger partial charge in [-0.15, -0.1) is 0 Å². The van der Waals surface area contributed by atoms with Gasteiger partial charge in [-0.2, -0.15) is 13.2 Å². The summed E-state index contributed by atoms with van der Waals surface area (Å²) in [7, 11) is 0. The summed E-state index contributed by atoms with van der Waals surface area (Å²) in [5, 5.41) is 9.19. The molecule has 0 fully saturated rings. The van der Waals surface area contributed by atoms with Crippen LogP contribution in [0, 0.1) is 0 Å². The Labute approximate surface area is 119 Å². The first-order valence-corrected chi connectivity index (χ1v) is 6.22. The Morgan fingerprint density at radius 2 is 1.76 bits per heavy atom. The van der Waals surface area contributed by atoms with Crippen LogP contribution in [0.15, 0.2) is 42.5 Å². The van der Waals surface area contributed by atoms with Gasteiger partial charge in [0.2, 0.25) is 0 Å². The third-order valence-corrected chi connectivity index (χ3v) is 2.95. The van der Waals surface area contributed by atoms with Crippen LogP contribution < -0.4 is 10.5 Å². The van der Waals surface area contributed by atoms with Crippen molar-refractivity contribution in [1.82, 2.24) is 0 Å². The monoisotopic (exact) mass is 297 g/mol. The van der Waals surface area contributed by atoms with Crippen molar-refractivity contribution in [1.29, 1.82) is 0 Å². The Morgan fingerprint density at radius 1 is 1.05 bits per heavy atom. The Kier molecular flexibility index (Phi) is 4.50. The number of nitrogens with two attached hydrogens (primary N) is 1. The molecular formula is C15H14F3NO2. The van der Waals surface area contributed by atoms with Gasteiger partial charge < -0.3 is 15.6 Å². The molecule has 0 atom stereocenters. The van der Waals surface area contributed by atoms with Crippen LogP contribution in [0.3, 0.4) is 0 Å². The molecule has 0 aliphatic carbocycles. The average molecular weight is 297 g/mol. The summed E-state index contributed by atoms with van der Waals surface area (Å²) in [6.45, 7) is -0.311. The molecule has 2 aromatic carbocycles. The number of para-hydroxylation sites is 1. The highest BCUT2D eigenvalue weighted by molar-refractivity contribution is 5.44. The standard InChI is InChI=1S/C15H14F3NO2/c16-15(17,18)12-7-10(8-19)5-6-14(12)21-13-4-2-1-3-11(13)9-20/h1-7,20H,8-9,19H2. The number of aliphatic hydroxyl groups excluding tert-OH is 1. The highest BCUT2D eigenvalue weighted by Gasteiger charge is 2.35. The van der Waals surface area contributed by atoms with E-state index in [4.69, 9.17) is 10.5 Å². The summed E-state index contributed by atoms with van der Waals surface area (Å²) in [4.78, 5) is 0. The van der Waals surface area contributed by atoms with E-state index < -0.39 is 11.7 Å². The highest BCUT2D eigenvalue weighted by Crippen LogP contribution is 2.39. The fourth-order valence-electron chi connectivity index (χ4n) is 1.87. The molecule has 0 saturated heterocycles. The van der Waals surface area contributed by atoms with Crippen LogP contribution in [-0.2, 0) is 19.3 Å². The Morgan fingerprint density at radius 3 is 2.38 bits per heavy atom. The number of rotatable bonds is 4. The van der Waals surface area contributed by atoms with Crippen LogP contribution in [0.4, 0.5) is 13.2 Å². The number of hydrogen-bond donors (Lipinski definition) is 2.